The van der Waals surface area contributed by atoms with Gasteiger partial charge >= 0.3 is 6.03 Å². The van der Waals surface area contributed by atoms with Gasteiger partial charge in [0.25, 0.3) is 0 Å². The number of carbonyl (C=O) groups excluding carboxylic acids is 2. The Kier molecular flexibility index (Phi) is 5.60. The van der Waals surface area contributed by atoms with Crippen molar-refractivity contribution < 1.29 is 14.8 Å². The van der Waals surface area contributed by atoms with Crippen LogP contribution in [0.4, 0.5) is 4.79 Å². The van der Waals surface area contributed by atoms with Crippen molar-refractivity contribution in [3.8, 4) is 0 Å². The SMILES string of the molecule is CC(C(=O)NCCNC(N)=O)C(N)=NO. The molecule has 0 aliphatic carbocycles. The largest absolute Gasteiger partial charge is 0.409 e. The quantitative estimate of drug-likeness (QED) is 0.121. The highest BCUT2D eigenvalue weighted by Crippen LogP contribution is 1.93. The number of oxime groups is 1. The molecule has 0 aromatic heterocycles. The van der Waals surface area contributed by atoms with E-state index in [-0.39, 0.29) is 18.9 Å². The molecule has 1 unspecified atom stereocenters. The second-order valence-electron chi connectivity index (χ2n) is 2.83. The Labute approximate surface area is 86.7 Å². The van der Waals surface area contributed by atoms with Crippen LogP contribution in [0.25, 0.3) is 0 Å². The number of carbonyl (C=O) groups is 2. The molecule has 0 rings (SSSR count). The molecular formula is C7H15N5O3. The van der Waals surface area contributed by atoms with Gasteiger partial charge in [0.1, 0.15) is 0 Å². The van der Waals surface area contributed by atoms with Crippen molar-refractivity contribution in [3.05, 3.63) is 0 Å². The molecule has 0 aliphatic heterocycles. The van der Waals surface area contributed by atoms with E-state index >= 15 is 0 Å². The van der Waals surface area contributed by atoms with Crippen molar-refractivity contribution in [3.63, 3.8) is 0 Å². The average molecular weight is 217 g/mol. The summed E-state index contributed by atoms with van der Waals surface area (Å²) in [6.07, 6.45) is 0. The maximum atomic E-state index is 11.3. The van der Waals surface area contributed by atoms with Crippen molar-refractivity contribution in [2.75, 3.05) is 13.1 Å². The molecular weight excluding hydrogens is 202 g/mol. The maximum Gasteiger partial charge on any atom is 0.312 e. The van der Waals surface area contributed by atoms with E-state index in [1.807, 2.05) is 0 Å². The Bertz CT molecular complexity index is 265. The molecule has 0 spiro atoms. The van der Waals surface area contributed by atoms with Gasteiger partial charge < -0.3 is 27.3 Å². The molecule has 0 saturated carbocycles. The van der Waals surface area contributed by atoms with Gasteiger partial charge in [-0.25, -0.2) is 4.79 Å². The molecule has 0 saturated heterocycles. The van der Waals surface area contributed by atoms with Gasteiger partial charge in [-0.05, 0) is 6.92 Å². The van der Waals surface area contributed by atoms with Crippen LogP contribution in [0.1, 0.15) is 6.92 Å². The Hall–Kier alpha value is -1.99. The Morgan fingerprint density at radius 3 is 2.33 bits per heavy atom. The third kappa shape index (κ3) is 5.34. The summed E-state index contributed by atoms with van der Waals surface area (Å²) in [6.45, 7) is 1.95. The van der Waals surface area contributed by atoms with E-state index in [0.717, 1.165) is 0 Å². The van der Waals surface area contributed by atoms with Crippen LogP contribution in [0.3, 0.4) is 0 Å². The van der Waals surface area contributed by atoms with Crippen molar-refractivity contribution in [2.24, 2.45) is 22.5 Å². The molecule has 8 nitrogen and oxygen atoms in total. The molecule has 3 amide bonds. The van der Waals surface area contributed by atoms with Gasteiger partial charge in [0.15, 0.2) is 5.84 Å². The normalized spacial score (nSPS) is 13.0. The highest BCUT2D eigenvalue weighted by atomic mass is 16.4. The summed E-state index contributed by atoms with van der Waals surface area (Å²) in [5, 5.41) is 15.8. The summed E-state index contributed by atoms with van der Waals surface area (Å²) in [6, 6.07) is -0.659. The summed E-state index contributed by atoms with van der Waals surface area (Å²) in [4.78, 5) is 21.5. The zero-order chi connectivity index (χ0) is 11.8. The molecule has 0 fully saturated rings. The standard InChI is InChI=1S/C7H15N5O3/c1-4(5(8)12-15)6(13)10-2-3-11-7(9)14/h4,15H,2-3H2,1H3,(H2,8,12)(H,10,13)(H3,9,11,14). The number of rotatable bonds is 5. The highest BCUT2D eigenvalue weighted by molar-refractivity contribution is 6.01. The Balaban J connectivity index is 3.79. The van der Waals surface area contributed by atoms with E-state index < -0.39 is 17.9 Å². The van der Waals surface area contributed by atoms with E-state index in [1.54, 1.807) is 0 Å². The van der Waals surface area contributed by atoms with Crippen LogP contribution in [-0.4, -0.2) is 36.1 Å². The summed E-state index contributed by atoms with van der Waals surface area (Å²) < 4.78 is 0. The second kappa shape index (κ2) is 6.46. The number of amides is 3. The molecule has 1 atom stereocenters. The number of hydrogen-bond acceptors (Lipinski definition) is 4. The van der Waals surface area contributed by atoms with Crippen LogP contribution in [0, 0.1) is 5.92 Å². The molecule has 7 N–H and O–H groups in total. The number of nitrogens with zero attached hydrogens (tertiary/aromatic N) is 1. The van der Waals surface area contributed by atoms with Crippen LogP contribution < -0.4 is 22.1 Å². The van der Waals surface area contributed by atoms with Crippen LogP contribution in [-0.2, 0) is 4.79 Å². The highest BCUT2D eigenvalue weighted by Gasteiger charge is 2.16. The predicted molar refractivity (Wildman–Crippen MR) is 53.2 cm³/mol. The first-order chi connectivity index (χ1) is 6.99. The molecule has 0 radical (unpaired) electrons. The lowest BCUT2D eigenvalue weighted by Crippen LogP contribution is -2.41. The van der Waals surface area contributed by atoms with Gasteiger partial charge in [0, 0.05) is 13.1 Å². The molecule has 15 heavy (non-hydrogen) atoms. The lowest BCUT2D eigenvalue weighted by Gasteiger charge is -2.10. The van der Waals surface area contributed by atoms with E-state index in [2.05, 4.69) is 15.8 Å². The molecule has 0 heterocycles. The van der Waals surface area contributed by atoms with Crippen LogP contribution in [0.15, 0.2) is 5.16 Å². The first-order valence-electron chi connectivity index (χ1n) is 4.27. The Morgan fingerprint density at radius 2 is 1.87 bits per heavy atom. The lowest BCUT2D eigenvalue weighted by molar-refractivity contribution is -0.122. The predicted octanol–water partition coefficient (Wildman–Crippen LogP) is -1.85. The minimum absolute atomic E-state index is 0.171. The second-order valence-corrected chi connectivity index (χ2v) is 2.83. The first kappa shape index (κ1) is 13.0. The van der Waals surface area contributed by atoms with E-state index in [1.165, 1.54) is 6.92 Å². The molecule has 86 valence electrons. The average Bonchev–Trinajstić information content (AvgIpc) is 2.21. The lowest BCUT2D eigenvalue weighted by atomic mass is 10.1. The van der Waals surface area contributed by atoms with E-state index in [9.17, 15) is 9.59 Å². The minimum Gasteiger partial charge on any atom is -0.409 e. The fourth-order valence-electron chi connectivity index (χ4n) is 0.745. The fourth-order valence-corrected chi connectivity index (χ4v) is 0.745. The number of urea groups is 1. The van der Waals surface area contributed by atoms with Crippen molar-refractivity contribution >= 4 is 17.8 Å². The zero-order valence-corrected chi connectivity index (χ0v) is 8.36. The van der Waals surface area contributed by atoms with Gasteiger partial charge in [0.2, 0.25) is 5.91 Å². The summed E-state index contributed by atoms with van der Waals surface area (Å²) in [5.74, 6) is -1.28. The monoisotopic (exact) mass is 217 g/mol. The summed E-state index contributed by atoms with van der Waals surface area (Å²) in [5.41, 5.74) is 10.0. The third-order valence-electron chi connectivity index (χ3n) is 1.68. The van der Waals surface area contributed by atoms with E-state index in [0.29, 0.717) is 0 Å². The Morgan fingerprint density at radius 1 is 1.33 bits per heavy atom. The number of nitrogens with one attached hydrogen (secondary N) is 2. The van der Waals surface area contributed by atoms with Gasteiger partial charge in [0.05, 0.1) is 5.92 Å². The van der Waals surface area contributed by atoms with Crippen molar-refractivity contribution in [1.82, 2.24) is 10.6 Å². The maximum absolute atomic E-state index is 11.3. The molecule has 0 bridgehead atoms. The van der Waals surface area contributed by atoms with Crippen molar-refractivity contribution in [2.45, 2.75) is 6.92 Å². The molecule has 0 aromatic rings. The molecule has 0 aliphatic rings. The molecule has 8 heteroatoms. The van der Waals surface area contributed by atoms with Crippen LogP contribution >= 0.6 is 0 Å². The third-order valence-corrected chi connectivity index (χ3v) is 1.68. The van der Waals surface area contributed by atoms with Gasteiger partial charge in [-0.3, -0.25) is 4.79 Å². The van der Waals surface area contributed by atoms with E-state index in [4.69, 9.17) is 16.7 Å². The van der Waals surface area contributed by atoms with Crippen LogP contribution in [0.5, 0.6) is 0 Å². The number of amidine groups is 1. The number of hydrogen-bond donors (Lipinski definition) is 5. The summed E-state index contributed by atoms with van der Waals surface area (Å²) in [7, 11) is 0. The molecule has 0 aromatic carbocycles. The van der Waals surface area contributed by atoms with Crippen molar-refractivity contribution in [1.29, 1.82) is 0 Å². The van der Waals surface area contributed by atoms with Gasteiger partial charge in [-0.2, -0.15) is 0 Å². The fraction of sp³-hybridized carbons (Fsp3) is 0.571. The number of primary amides is 1. The minimum atomic E-state index is -0.719. The topological polar surface area (TPSA) is 143 Å². The van der Waals surface area contributed by atoms with Gasteiger partial charge in [-0.1, -0.05) is 5.16 Å². The summed E-state index contributed by atoms with van der Waals surface area (Å²) >= 11 is 0. The number of nitrogens with two attached hydrogens (primary N) is 2. The van der Waals surface area contributed by atoms with Crippen LogP contribution in [0.2, 0.25) is 0 Å². The zero-order valence-electron chi connectivity index (χ0n) is 8.36. The smallest absolute Gasteiger partial charge is 0.312 e. The van der Waals surface area contributed by atoms with Gasteiger partial charge in [-0.15, -0.1) is 0 Å². The first-order valence-corrected chi connectivity index (χ1v) is 4.27.